The number of hydrogen-bond acceptors (Lipinski definition) is 5. The molecule has 2 aromatic rings. The standard InChI is InChI=1S/C14H8BrClFNO5/c15-12-11(13(19)7-3-6(17)1-2-8(7)16)9(18(20)21)4-10-14(12)23-5-22-10/h1-4,13,19H,5H2. The van der Waals surface area contributed by atoms with Gasteiger partial charge in [-0.3, -0.25) is 10.1 Å². The molecule has 120 valence electrons. The molecule has 0 spiro atoms. The van der Waals surface area contributed by atoms with Gasteiger partial charge < -0.3 is 14.6 Å². The highest BCUT2D eigenvalue weighted by Crippen LogP contribution is 2.49. The van der Waals surface area contributed by atoms with Crippen LogP contribution in [0.2, 0.25) is 5.02 Å². The molecule has 3 rings (SSSR count). The fraction of sp³-hybridized carbons (Fsp3) is 0.143. The SMILES string of the molecule is O=[N+]([O-])c1cc2c(c(Br)c1C(O)c1cc(F)ccc1Cl)OCO2. The summed E-state index contributed by atoms with van der Waals surface area (Å²) in [4.78, 5) is 10.7. The fourth-order valence-corrected chi connectivity index (χ4v) is 3.25. The normalized spacial score (nSPS) is 13.9. The van der Waals surface area contributed by atoms with E-state index in [-0.39, 0.29) is 38.9 Å². The Labute approximate surface area is 142 Å². The Hall–Kier alpha value is -1.90. The van der Waals surface area contributed by atoms with Gasteiger partial charge in [0, 0.05) is 10.6 Å². The predicted molar refractivity (Wildman–Crippen MR) is 82.4 cm³/mol. The summed E-state index contributed by atoms with van der Waals surface area (Å²) in [5.74, 6) is -0.204. The molecule has 23 heavy (non-hydrogen) atoms. The molecule has 1 atom stereocenters. The summed E-state index contributed by atoms with van der Waals surface area (Å²) in [6.07, 6.45) is -1.53. The minimum Gasteiger partial charge on any atom is -0.453 e. The summed E-state index contributed by atoms with van der Waals surface area (Å²) in [5, 5.41) is 22.0. The van der Waals surface area contributed by atoms with Crippen LogP contribution in [-0.2, 0) is 0 Å². The topological polar surface area (TPSA) is 81.8 Å². The largest absolute Gasteiger partial charge is 0.453 e. The third-order valence-electron chi connectivity index (χ3n) is 3.34. The van der Waals surface area contributed by atoms with Crippen LogP contribution in [0.5, 0.6) is 11.5 Å². The summed E-state index contributed by atoms with van der Waals surface area (Å²) in [7, 11) is 0. The Bertz CT molecular complexity index is 816. The molecule has 1 aliphatic rings. The van der Waals surface area contributed by atoms with Crippen molar-refractivity contribution in [3.8, 4) is 11.5 Å². The third kappa shape index (κ3) is 2.73. The van der Waals surface area contributed by atoms with E-state index in [0.29, 0.717) is 0 Å². The van der Waals surface area contributed by atoms with Crippen LogP contribution >= 0.6 is 27.5 Å². The first-order valence-corrected chi connectivity index (χ1v) is 7.46. The van der Waals surface area contributed by atoms with Crippen molar-refractivity contribution in [2.75, 3.05) is 6.79 Å². The van der Waals surface area contributed by atoms with Crippen LogP contribution in [0.15, 0.2) is 28.7 Å². The molecule has 0 radical (unpaired) electrons. The van der Waals surface area contributed by atoms with Crippen LogP contribution in [0.25, 0.3) is 0 Å². The van der Waals surface area contributed by atoms with Gasteiger partial charge in [-0.05, 0) is 34.1 Å². The van der Waals surface area contributed by atoms with E-state index < -0.39 is 22.5 Å². The average molecular weight is 405 g/mol. The number of nitro groups is 1. The number of hydrogen-bond donors (Lipinski definition) is 1. The third-order valence-corrected chi connectivity index (χ3v) is 4.48. The molecule has 0 fully saturated rings. The lowest BCUT2D eigenvalue weighted by atomic mass is 9.99. The number of aliphatic hydroxyl groups is 1. The van der Waals surface area contributed by atoms with E-state index in [1.54, 1.807) is 0 Å². The number of aliphatic hydroxyl groups excluding tert-OH is 1. The minimum atomic E-state index is -1.53. The molecule has 0 aromatic heterocycles. The van der Waals surface area contributed by atoms with Crippen LogP contribution in [-0.4, -0.2) is 16.8 Å². The smallest absolute Gasteiger partial charge is 0.280 e. The van der Waals surface area contributed by atoms with E-state index in [1.165, 1.54) is 6.07 Å². The molecule has 0 aliphatic carbocycles. The first kappa shape index (κ1) is 16.0. The zero-order valence-electron chi connectivity index (χ0n) is 11.3. The number of ether oxygens (including phenoxy) is 2. The molecule has 1 N–H and O–H groups in total. The van der Waals surface area contributed by atoms with Gasteiger partial charge in [-0.2, -0.15) is 0 Å². The van der Waals surface area contributed by atoms with Gasteiger partial charge in [0.05, 0.1) is 21.0 Å². The fourth-order valence-electron chi connectivity index (χ4n) is 2.29. The van der Waals surface area contributed by atoms with Crippen LogP contribution in [0.3, 0.4) is 0 Å². The molecular weight excluding hydrogens is 397 g/mol. The monoisotopic (exact) mass is 403 g/mol. The van der Waals surface area contributed by atoms with Gasteiger partial charge >= 0.3 is 0 Å². The van der Waals surface area contributed by atoms with Gasteiger partial charge in [0.25, 0.3) is 5.69 Å². The highest BCUT2D eigenvalue weighted by atomic mass is 79.9. The van der Waals surface area contributed by atoms with E-state index in [9.17, 15) is 19.6 Å². The number of nitrogens with zero attached hydrogens (tertiary/aromatic N) is 1. The zero-order chi connectivity index (χ0) is 16.7. The molecule has 0 amide bonds. The molecule has 2 aromatic carbocycles. The van der Waals surface area contributed by atoms with Gasteiger partial charge in [-0.15, -0.1) is 0 Å². The number of benzene rings is 2. The van der Waals surface area contributed by atoms with Gasteiger partial charge in [-0.1, -0.05) is 11.6 Å². The van der Waals surface area contributed by atoms with Crippen molar-refractivity contribution in [2.24, 2.45) is 0 Å². The Morgan fingerprint density at radius 2 is 2.13 bits per heavy atom. The maximum atomic E-state index is 13.4. The van der Waals surface area contributed by atoms with E-state index >= 15 is 0 Å². The van der Waals surface area contributed by atoms with Crippen molar-refractivity contribution in [1.82, 2.24) is 0 Å². The second-order valence-corrected chi connectivity index (χ2v) is 5.88. The van der Waals surface area contributed by atoms with E-state index in [4.69, 9.17) is 21.1 Å². The van der Waals surface area contributed by atoms with Gasteiger partial charge in [0.2, 0.25) is 6.79 Å². The highest BCUT2D eigenvalue weighted by molar-refractivity contribution is 9.10. The summed E-state index contributed by atoms with van der Waals surface area (Å²) in [6.45, 7) is -0.0919. The Balaban J connectivity index is 2.22. The lowest BCUT2D eigenvalue weighted by Gasteiger charge is -2.16. The van der Waals surface area contributed by atoms with Crippen molar-refractivity contribution in [3.63, 3.8) is 0 Å². The molecular formula is C14H8BrClFNO5. The van der Waals surface area contributed by atoms with Gasteiger partial charge in [0.15, 0.2) is 11.5 Å². The van der Waals surface area contributed by atoms with Crippen molar-refractivity contribution < 1.29 is 23.9 Å². The van der Waals surface area contributed by atoms with Gasteiger partial charge in [0.1, 0.15) is 11.9 Å². The molecule has 9 heteroatoms. The average Bonchev–Trinajstić information content (AvgIpc) is 2.97. The van der Waals surface area contributed by atoms with E-state index in [0.717, 1.165) is 18.2 Å². The number of fused-ring (bicyclic) bond motifs is 1. The first-order chi connectivity index (χ1) is 10.9. The second-order valence-electron chi connectivity index (χ2n) is 4.68. The summed E-state index contributed by atoms with van der Waals surface area (Å²) < 4.78 is 24.0. The number of rotatable bonds is 3. The summed E-state index contributed by atoms with van der Waals surface area (Å²) in [5.41, 5.74) is -0.477. The van der Waals surface area contributed by atoms with Crippen molar-refractivity contribution in [2.45, 2.75) is 6.10 Å². The molecule has 1 unspecified atom stereocenters. The molecule has 1 heterocycles. The van der Waals surface area contributed by atoms with Crippen molar-refractivity contribution in [3.05, 3.63) is 60.8 Å². The lowest BCUT2D eigenvalue weighted by Crippen LogP contribution is -2.06. The molecule has 0 saturated heterocycles. The summed E-state index contributed by atoms with van der Waals surface area (Å²) in [6, 6.07) is 4.57. The summed E-state index contributed by atoms with van der Waals surface area (Å²) >= 11 is 9.16. The Morgan fingerprint density at radius 1 is 1.39 bits per heavy atom. The lowest BCUT2D eigenvalue weighted by molar-refractivity contribution is -0.386. The van der Waals surface area contributed by atoms with Gasteiger partial charge in [-0.25, -0.2) is 4.39 Å². The van der Waals surface area contributed by atoms with Crippen LogP contribution in [0.4, 0.5) is 10.1 Å². The maximum Gasteiger partial charge on any atom is 0.280 e. The molecule has 0 saturated carbocycles. The maximum absolute atomic E-state index is 13.4. The van der Waals surface area contributed by atoms with Crippen LogP contribution < -0.4 is 9.47 Å². The van der Waals surface area contributed by atoms with Crippen LogP contribution in [0.1, 0.15) is 17.2 Å². The minimum absolute atomic E-state index is 0.00864. The quantitative estimate of drug-likeness (QED) is 0.618. The van der Waals surface area contributed by atoms with Crippen LogP contribution in [0, 0.1) is 15.9 Å². The van der Waals surface area contributed by atoms with Crippen molar-refractivity contribution >= 4 is 33.2 Å². The zero-order valence-corrected chi connectivity index (χ0v) is 13.6. The second kappa shape index (κ2) is 5.95. The predicted octanol–water partition coefficient (Wildman–Crippen LogP) is 3.96. The van der Waals surface area contributed by atoms with Crippen molar-refractivity contribution in [1.29, 1.82) is 0 Å². The highest BCUT2D eigenvalue weighted by Gasteiger charge is 2.33. The van der Waals surface area contributed by atoms with E-state index in [2.05, 4.69) is 15.9 Å². The Kier molecular flexibility index (Phi) is 4.13. The van der Waals surface area contributed by atoms with E-state index in [1.807, 2.05) is 0 Å². The molecule has 1 aliphatic heterocycles. The number of halogens is 3. The first-order valence-electron chi connectivity index (χ1n) is 6.29. The molecule has 6 nitrogen and oxygen atoms in total. The number of nitro benzene ring substituents is 1. The molecule has 0 bridgehead atoms. The Morgan fingerprint density at radius 3 is 2.83 bits per heavy atom.